The maximum absolute atomic E-state index is 6.94. The first-order chi connectivity index (χ1) is 32.6. The molecule has 0 bridgehead atoms. The molecule has 1 aromatic heterocycles. The standard InChI is InChI=1S/C64H50N2O/c1-39-49-37-59-51(35-41(49)31-33-55(39)65(43-19-9-7-10-20-43)57-29-17-25-47-45-23-13-15-27-53(45)63(3,4)61(47)57)52-36-42-32-34-56(40(2)50(42)38-60(52)67-59)66(44-21-11-8-12-22-44)58-30-18-26-48-46-24-14-16-28-54(46)64(5,6)62(48)58/h7-38H,1-6H3. The number of hydrogen-bond acceptors (Lipinski definition) is 3. The van der Waals surface area contributed by atoms with E-state index in [1.807, 2.05) is 0 Å². The van der Waals surface area contributed by atoms with Crippen LogP contribution in [0.2, 0.25) is 0 Å². The van der Waals surface area contributed by atoms with Crippen LogP contribution in [0.15, 0.2) is 199 Å². The summed E-state index contributed by atoms with van der Waals surface area (Å²) >= 11 is 0. The molecule has 0 N–H and O–H groups in total. The van der Waals surface area contributed by atoms with Gasteiger partial charge in [0, 0.05) is 44.4 Å². The molecule has 322 valence electrons. The van der Waals surface area contributed by atoms with Crippen molar-refractivity contribution in [3.8, 4) is 22.3 Å². The quantitative estimate of drug-likeness (QED) is 0.166. The summed E-state index contributed by atoms with van der Waals surface area (Å²) < 4.78 is 6.94. The largest absolute Gasteiger partial charge is 0.456 e. The zero-order chi connectivity index (χ0) is 45.3. The molecule has 0 amide bonds. The molecule has 13 rings (SSSR count). The number of benzene rings is 10. The second kappa shape index (κ2) is 14.3. The highest BCUT2D eigenvalue weighted by Crippen LogP contribution is 2.56. The van der Waals surface area contributed by atoms with Crippen LogP contribution in [-0.2, 0) is 10.8 Å². The van der Waals surface area contributed by atoms with Gasteiger partial charge in [0.15, 0.2) is 0 Å². The van der Waals surface area contributed by atoms with Crippen molar-refractivity contribution in [2.75, 3.05) is 9.80 Å². The summed E-state index contributed by atoms with van der Waals surface area (Å²) in [5.74, 6) is 0. The minimum atomic E-state index is -0.172. The molecule has 67 heavy (non-hydrogen) atoms. The van der Waals surface area contributed by atoms with Crippen LogP contribution >= 0.6 is 0 Å². The fraction of sp³-hybridized carbons (Fsp3) is 0.125. The van der Waals surface area contributed by atoms with Crippen LogP contribution in [0.25, 0.3) is 65.7 Å². The normalized spacial score (nSPS) is 14.1. The molecule has 0 saturated carbocycles. The number of hydrogen-bond donors (Lipinski definition) is 0. The van der Waals surface area contributed by atoms with Crippen LogP contribution in [0, 0.1) is 13.8 Å². The Balaban J connectivity index is 0.960. The van der Waals surface area contributed by atoms with Crippen molar-refractivity contribution in [3.63, 3.8) is 0 Å². The van der Waals surface area contributed by atoms with Gasteiger partial charge in [-0.05, 0) is 164 Å². The SMILES string of the molecule is Cc1c(N(c2ccccc2)c2cccc3c2C(C)(C)c2ccccc2-3)ccc2cc3c(cc12)oc1cc2c(C)c(N(c4ccccc4)c4cccc5c4C(C)(C)c4ccccc4-5)ccc2cc13. The third kappa shape index (κ3) is 5.64. The summed E-state index contributed by atoms with van der Waals surface area (Å²) in [5.41, 5.74) is 21.6. The average Bonchev–Trinajstić information content (AvgIpc) is 3.91. The van der Waals surface area contributed by atoms with Gasteiger partial charge in [0.25, 0.3) is 0 Å². The van der Waals surface area contributed by atoms with E-state index in [0.29, 0.717) is 0 Å². The Morgan fingerprint density at radius 3 is 1.16 bits per heavy atom. The van der Waals surface area contributed by atoms with Gasteiger partial charge in [-0.15, -0.1) is 0 Å². The summed E-state index contributed by atoms with van der Waals surface area (Å²) in [6, 6.07) is 71.5. The summed E-state index contributed by atoms with van der Waals surface area (Å²) in [4.78, 5) is 4.94. The van der Waals surface area contributed by atoms with Crippen molar-refractivity contribution in [1.29, 1.82) is 0 Å². The first kappa shape index (κ1) is 39.5. The van der Waals surface area contributed by atoms with Gasteiger partial charge < -0.3 is 14.2 Å². The zero-order valence-electron chi connectivity index (χ0n) is 38.8. The van der Waals surface area contributed by atoms with E-state index in [2.05, 4.69) is 245 Å². The fourth-order valence-electron chi connectivity index (χ4n) is 12.2. The number of para-hydroxylation sites is 2. The van der Waals surface area contributed by atoms with Crippen molar-refractivity contribution in [2.24, 2.45) is 0 Å². The summed E-state index contributed by atoms with van der Waals surface area (Å²) in [5, 5.41) is 7.02. The second-order valence-corrected chi connectivity index (χ2v) is 19.7. The van der Waals surface area contributed by atoms with Gasteiger partial charge in [0.2, 0.25) is 0 Å². The molecule has 0 spiro atoms. The minimum absolute atomic E-state index is 0.172. The molecule has 0 fully saturated rings. The van der Waals surface area contributed by atoms with E-state index in [4.69, 9.17) is 4.42 Å². The van der Waals surface area contributed by atoms with Crippen LogP contribution < -0.4 is 9.80 Å². The van der Waals surface area contributed by atoms with Gasteiger partial charge in [0.1, 0.15) is 11.2 Å². The lowest BCUT2D eigenvalue weighted by atomic mass is 9.81. The Kier molecular flexibility index (Phi) is 8.43. The Labute approximate surface area is 392 Å². The van der Waals surface area contributed by atoms with Crippen LogP contribution in [0.1, 0.15) is 61.1 Å². The molecule has 0 saturated heterocycles. The van der Waals surface area contributed by atoms with E-state index in [0.717, 1.165) is 44.7 Å². The van der Waals surface area contributed by atoms with E-state index < -0.39 is 0 Å². The van der Waals surface area contributed by atoms with Crippen LogP contribution in [-0.4, -0.2) is 0 Å². The van der Waals surface area contributed by atoms with E-state index in [1.54, 1.807) is 0 Å². The molecule has 11 aromatic rings. The van der Waals surface area contributed by atoms with Gasteiger partial charge in [-0.25, -0.2) is 0 Å². The smallest absolute Gasteiger partial charge is 0.136 e. The fourth-order valence-corrected chi connectivity index (χ4v) is 12.2. The minimum Gasteiger partial charge on any atom is -0.456 e. The molecular formula is C64H50N2O. The molecular weight excluding hydrogens is 813 g/mol. The molecule has 2 aliphatic rings. The molecule has 0 aliphatic heterocycles. The van der Waals surface area contributed by atoms with E-state index in [9.17, 15) is 0 Å². The van der Waals surface area contributed by atoms with Gasteiger partial charge in [-0.3, -0.25) is 0 Å². The average molecular weight is 863 g/mol. The monoisotopic (exact) mass is 862 g/mol. The lowest BCUT2D eigenvalue weighted by Crippen LogP contribution is -2.21. The van der Waals surface area contributed by atoms with Gasteiger partial charge in [-0.2, -0.15) is 0 Å². The van der Waals surface area contributed by atoms with Crippen molar-refractivity contribution >= 4 is 77.6 Å². The van der Waals surface area contributed by atoms with Crippen molar-refractivity contribution in [1.82, 2.24) is 0 Å². The molecule has 1 heterocycles. The van der Waals surface area contributed by atoms with Crippen molar-refractivity contribution < 1.29 is 4.42 Å². The van der Waals surface area contributed by atoms with Gasteiger partial charge in [0.05, 0.1) is 11.4 Å². The molecule has 0 atom stereocenters. The Morgan fingerprint density at radius 1 is 0.343 bits per heavy atom. The van der Waals surface area contributed by atoms with Crippen LogP contribution in [0.3, 0.4) is 0 Å². The maximum atomic E-state index is 6.94. The number of nitrogens with zero attached hydrogens (tertiary/aromatic N) is 2. The van der Waals surface area contributed by atoms with Crippen molar-refractivity contribution in [2.45, 2.75) is 52.4 Å². The van der Waals surface area contributed by atoms with Gasteiger partial charge >= 0.3 is 0 Å². The van der Waals surface area contributed by atoms with Crippen LogP contribution in [0.5, 0.6) is 0 Å². The summed E-state index contributed by atoms with van der Waals surface area (Å²) in [7, 11) is 0. The number of aryl methyl sites for hydroxylation is 2. The molecule has 3 heteroatoms. The zero-order valence-corrected chi connectivity index (χ0v) is 38.8. The first-order valence-corrected chi connectivity index (χ1v) is 23.6. The lowest BCUT2D eigenvalue weighted by Gasteiger charge is -2.33. The highest BCUT2D eigenvalue weighted by Gasteiger charge is 2.40. The van der Waals surface area contributed by atoms with Crippen LogP contribution in [0.4, 0.5) is 34.1 Å². The van der Waals surface area contributed by atoms with E-state index in [-0.39, 0.29) is 10.8 Å². The van der Waals surface area contributed by atoms with Crippen molar-refractivity contribution in [3.05, 3.63) is 228 Å². The predicted molar refractivity (Wildman–Crippen MR) is 283 cm³/mol. The third-order valence-corrected chi connectivity index (χ3v) is 15.3. The molecule has 2 aliphatic carbocycles. The second-order valence-electron chi connectivity index (χ2n) is 19.7. The highest BCUT2D eigenvalue weighted by molar-refractivity contribution is 6.15. The number of rotatable bonds is 6. The van der Waals surface area contributed by atoms with E-state index in [1.165, 1.54) is 88.6 Å². The third-order valence-electron chi connectivity index (χ3n) is 15.3. The highest BCUT2D eigenvalue weighted by atomic mass is 16.3. The Morgan fingerprint density at radius 2 is 0.731 bits per heavy atom. The number of anilines is 6. The predicted octanol–water partition coefficient (Wildman–Crippen LogP) is 18.1. The molecule has 0 unspecified atom stereocenters. The Hall–Kier alpha value is -7.88. The Bertz CT molecular complexity index is 3590. The first-order valence-electron chi connectivity index (χ1n) is 23.6. The maximum Gasteiger partial charge on any atom is 0.136 e. The molecule has 0 radical (unpaired) electrons. The molecule has 3 nitrogen and oxygen atoms in total. The number of fused-ring (bicyclic) bond motifs is 11. The summed E-state index contributed by atoms with van der Waals surface area (Å²) in [6.07, 6.45) is 0. The topological polar surface area (TPSA) is 19.6 Å². The molecule has 10 aromatic carbocycles. The lowest BCUT2D eigenvalue weighted by molar-refractivity contribution is 0.660. The number of furan rings is 1. The van der Waals surface area contributed by atoms with E-state index >= 15 is 0 Å². The summed E-state index contributed by atoms with van der Waals surface area (Å²) in [6.45, 7) is 14.0. The van der Waals surface area contributed by atoms with Gasteiger partial charge in [-0.1, -0.05) is 149 Å².